The minimum Gasteiger partial charge on any atom is -0.460 e. The second-order valence-corrected chi connectivity index (χ2v) is 13.3. The van der Waals surface area contributed by atoms with Crippen molar-refractivity contribution in [2.24, 2.45) is 11.3 Å². The number of aromatic nitrogens is 1. The topological polar surface area (TPSA) is 77.4 Å². The molecule has 1 aromatic heterocycles. The van der Waals surface area contributed by atoms with Crippen molar-refractivity contribution in [1.82, 2.24) is 4.57 Å². The van der Waals surface area contributed by atoms with Crippen LogP contribution in [0, 0.1) is 11.3 Å². The van der Waals surface area contributed by atoms with Crippen molar-refractivity contribution in [1.29, 1.82) is 0 Å². The van der Waals surface area contributed by atoms with Gasteiger partial charge < -0.3 is 14.6 Å². The summed E-state index contributed by atoms with van der Waals surface area (Å²) in [4.78, 5) is 38.9. The highest BCUT2D eigenvalue weighted by atomic mass is 19.4. The number of benzene rings is 2. The fourth-order valence-corrected chi connectivity index (χ4v) is 6.14. The molecule has 1 N–H and O–H groups in total. The molecule has 2 aromatic carbocycles. The van der Waals surface area contributed by atoms with Crippen LogP contribution in [-0.4, -0.2) is 22.0 Å². The molecule has 1 atom stereocenters. The summed E-state index contributed by atoms with van der Waals surface area (Å²) in [6.45, 7) is 5.58. The molecule has 1 heterocycles. The number of carbonyl (C=O) groups is 2. The molecule has 9 heteroatoms. The first-order chi connectivity index (χ1) is 20.7. The van der Waals surface area contributed by atoms with Crippen molar-refractivity contribution in [2.45, 2.75) is 90.0 Å². The number of esters is 1. The van der Waals surface area contributed by atoms with E-state index in [-0.39, 0.29) is 24.3 Å². The maximum atomic E-state index is 13.8. The van der Waals surface area contributed by atoms with Crippen LogP contribution in [0.4, 0.5) is 18.9 Å². The van der Waals surface area contributed by atoms with E-state index in [1.807, 2.05) is 57.2 Å². The maximum Gasteiger partial charge on any atom is 0.417 e. The van der Waals surface area contributed by atoms with Gasteiger partial charge in [-0.3, -0.25) is 14.4 Å². The van der Waals surface area contributed by atoms with Crippen LogP contribution in [0.3, 0.4) is 0 Å². The number of rotatable bonds is 9. The zero-order valence-electron chi connectivity index (χ0n) is 25.4. The molecule has 234 valence electrons. The lowest BCUT2D eigenvalue weighted by molar-refractivity contribution is -0.161. The molecular weight excluding hydrogens is 569 g/mol. The van der Waals surface area contributed by atoms with E-state index in [0.29, 0.717) is 17.7 Å². The fraction of sp³-hybridized carbons (Fsp3) is 0.457. The molecule has 2 aliphatic carbocycles. The number of halogens is 3. The van der Waals surface area contributed by atoms with Gasteiger partial charge in [-0.25, -0.2) is 0 Å². The average molecular weight is 609 g/mol. The lowest BCUT2D eigenvalue weighted by atomic mass is 9.83. The van der Waals surface area contributed by atoms with Gasteiger partial charge in [-0.05, 0) is 93.7 Å². The van der Waals surface area contributed by atoms with Crippen LogP contribution in [-0.2, 0) is 33.5 Å². The lowest BCUT2D eigenvalue weighted by Crippen LogP contribution is -2.30. The van der Waals surface area contributed by atoms with Gasteiger partial charge in [0.25, 0.3) is 5.56 Å². The summed E-state index contributed by atoms with van der Waals surface area (Å²) in [7, 11) is 0. The van der Waals surface area contributed by atoms with Crippen LogP contribution in [0.15, 0.2) is 71.7 Å². The summed E-state index contributed by atoms with van der Waals surface area (Å²) in [5.41, 5.74) is 0.641. The van der Waals surface area contributed by atoms with E-state index < -0.39 is 34.2 Å². The molecule has 5 rings (SSSR count). The highest BCUT2D eigenvalue weighted by Gasteiger charge is 2.52. The first-order valence-electron chi connectivity index (χ1n) is 15.2. The number of ether oxygens (including phenoxy) is 1. The van der Waals surface area contributed by atoms with Gasteiger partial charge in [-0.1, -0.05) is 49.2 Å². The second kappa shape index (κ2) is 12.3. The number of alkyl halides is 3. The third kappa shape index (κ3) is 7.60. The third-order valence-corrected chi connectivity index (χ3v) is 8.58. The standard InChI is InChI=1S/C35H39F3N2O4/c1-33(2,3)44-32(43)34(17-18-34)20-24-7-6-10-28(19-24)39-31(42)30(25-8-4-5-9-25)26-13-11-23(12-14-26)21-40-22-27(35(36,37)38)15-16-29(40)41/h6-7,10-16,19,22,25,30H,4-5,8-9,17-18,20-21H2,1-3H3,(H,39,42). The van der Waals surface area contributed by atoms with Crippen molar-refractivity contribution >= 4 is 17.6 Å². The van der Waals surface area contributed by atoms with Crippen molar-refractivity contribution in [3.05, 3.63) is 99.5 Å². The number of hydrogen-bond donors (Lipinski definition) is 1. The molecule has 0 spiro atoms. The van der Waals surface area contributed by atoms with E-state index in [0.717, 1.165) is 72.5 Å². The highest BCUT2D eigenvalue weighted by Crippen LogP contribution is 2.50. The number of amides is 1. The van der Waals surface area contributed by atoms with Crippen LogP contribution >= 0.6 is 0 Å². The summed E-state index contributed by atoms with van der Waals surface area (Å²) < 4.78 is 46.2. The smallest absolute Gasteiger partial charge is 0.417 e. The molecule has 0 radical (unpaired) electrons. The number of hydrogen-bond acceptors (Lipinski definition) is 4. The summed E-state index contributed by atoms with van der Waals surface area (Å²) >= 11 is 0. The minimum atomic E-state index is -4.54. The molecule has 2 aliphatic rings. The number of pyridine rings is 1. The largest absolute Gasteiger partial charge is 0.460 e. The number of nitrogens with zero attached hydrogens (tertiary/aromatic N) is 1. The van der Waals surface area contributed by atoms with Crippen LogP contribution in [0.25, 0.3) is 0 Å². The van der Waals surface area contributed by atoms with Gasteiger partial charge in [0.05, 0.1) is 23.4 Å². The molecule has 1 unspecified atom stereocenters. The number of carbonyl (C=O) groups excluding carboxylic acids is 2. The van der Waals surface area contributed by atoms with Gasteiger partial charge in [0.1, 0.15) is 5.60 Å². The van der Waals surface area contributed by atoms with E-state index in [4.69, 9.17) is 4.74 Å². The first kappa shape index (κ1) is 31.5. The van der Waals surface area contributed by atoms with Crippen LogP contribution < -0.4 is 10.9 Å². The quantitative estimate of drug-likeness (QED) is 0.255. The summed E-state index contributed by atoms with van der Waals surface area (Å²) in [5.74, 6) is -0.536. The lowest BCUT2D eigenvalue weighted by Gasteiger charge is -2.24. The van der Waals surface area contributed by atoms with Crippen molar-refractivity contribution in [3.63, 3.8) is 0 Å². The normalized spacial score (nSPS) is 17.2. The molecule has 0 aliphatic heterocycles. The van der Waals surface area contributed by atoms with Gasteiger partial charge in [0, 0.05) is 18.0 Å². The van der Waals surface area contributed by atoms with E-state index >= 15 is 0 Å². The SMILES string of the molecule is CC(C)(C)OC(=O)C1(Cc2cccc(NC(=O)C(c3ccc(Cn4cc(C(F)(F)F)ccc4=O)cc3)C3CCCC3)c2)CC1. The van der Waals surface area contributed by atoms with Crippen molar-refractivity contribution < 1.29 is 27.5 Å². The zero-order valence-corrected chi connectivity index (χ0v) is 25.4. The molecule has 0 bridgehead atoms. The van der Waals surface area contributed by atoms with Crippen molar-refractivity contribution in [3.8, 4) is 0 Å². The van der Waals surface area contributed by atoms with Crippen molar-refractivity contribution in [2.75, 3.05) is 5.32 Å². The summed E-state index contributed by atoms with van der Waals surface area (Å²) in [6.07, 6.45) is 2.35. The number of anilines is 1. The monoisotopic (exact) mass is 608 g/mol. The predicted molar refractivity (Wildman–Crippen MR) is 162 cm³/mol. The Kier molecular flexibility index (Phi) is 8.78. The van der Waals surface area contributed by atoms with Crippen LogP contribution in [0.1, 0.15) is 87.5 Å². The van der Waals surface area contributed by atoms with Crippen LogP contribution in [0.5, 0.6) is 0 Å². The van der Waals surface area contributed by atoms with Gasteiger partial charge in [-0.2, -0.15) is 13.2 Å². The molecule has 44 heavy (non-hydrogen) atoms. The molecule has 2 fully saturated rings. The van der Waals surface area contributed by atoms with E-state index in [2.05, 4.69) is 5.32 Å². The van der Waals surface area contributed by atoms with Gasteiger partial charge >= 0.3 is 12.1 Å². The third-order valence-electron chi connectivity index (χ3n) is 8.58. The summed E-state index contributed by atoms with van der Waals surface area (Å²) in [5, 5.41) is 3.11. The Labute approximate surface area is 255 Å². The fourth-order valence-electron chi connectivity index (χ4n) is 6.14. The Balaban J connectivity index is 1.31. The Hall–Kier alpha value is -3.88. The first-order valence-corrected chi connectivity index (χ1v) is 15.2. The van der Waals surface area contributed by atoms with E-state index in [1.165, 1.54) is 0 Å². The molecule has 0 saturated heterocycles. The second-order valence-electron chi connectivity index (χ2n) is 13.3. The van der Waals surface area contributed by atoms with Crippen LogP contribution in [0.2, 0.25) is 0 Å². The van der Waals surface area contributed by atoms with Gasteiger partial charge in [-0.15, -0.1) is 0 Å². The molecular formula is C35H39F3N2O4. The molecule has 3 aromatic rings. The Morgan fingerprint density at radius 1 is 0.977 bits per heavy atom. The van der Waals surface area contributed by atoms with E-state index in [9.17, 15) is 27.6 Å². The Morgan fingerprint density at radius 2 is 1.66 bits per heavy atom. The predicted octanol–water partition coefficient (Wildman–Crippen LogP) is 7.49. The van der Waals surface area contributed by atoms with Gasteiger partial charge in [0.2, 0.25) is 5.91 Å². The minimum absolute atomic E-state index is 0.0130. The highest BCUT2D eigenvalue weighted by molar-refractivity contribution is 5.96. The zero-order chi connectivity index (χ0) is 31.7. The van der Waals surface area contributed by atoms with Gasteiger partial charge in [0.15, 0.2) is 0 Å². The summed E-state index contributed by atoms with van der Waals surface area (Å²) in [6, 6.07) is 16.5. The molecule has 2 saturated carbocycles. The average Bonchev–Trinajstić information content (AvgIpc) is 3.53. The van der Waals surface area contributed by atoms with E-state index in [1.54, 1.807) is 12.1 Å². The Bertz CT molecular complexity index is 1560. The molecule has 6 nitrogen and oxygen atoms in total. The maximum absolute atomic E-state index is 13.8. The Morgan fingerprint density at radius 3 is 2.27 bits per heavy atom. The number of nitrogens with one attached hydrogen (secondary N) is 1. The molecule has 1 amide bonds.